The summed E-state index contributed by atoms with van der Waals surface area (Å²) in [5.41, 5.74) is 1.89. The summed E-state index contributed by atoms with van der Waals surface area (Å²) in [5, 5.41) is 7.47. The molecule has 2 aromatic heterocycles. The van der Waals surface area contributed by atoms with Gasteiger partial charge in [-0.25, -0.2) is 0 Å². The zero-order valence-corrected chi connectivity index (χ0v) is 12.6. The van der Waals surface area contributed by atoms with E-state index in [0.29, 0.717) is 23.7 Å². The van der Waals surface area contributed by atoms with E-state index in [0.717, 1.165) is 24.2 Å². The van der Waals surface area contributed by atoms with E-state index in [2.05, 4.69) is 41.2 Å². The normalized spacial score (nSPS) is 12.8. The Morgan fingerprint density at radius 2 is 2.15 bits per heavy atom. The number of aryl methyl sites for hydroxylation is 1. The van der Waals surface area contributed by atoms with Crippen LogP contribution in [-0.4, -0.2) is 27.7 Å². The zero-order valence-electron chi connectivity index (χ0n) is 12.6. The third-order valence-corrected chi connectivity index (χ3v) is 3.28. The molecule has 0 saturated carbocycles. The predicted octanol–water partition coefficient (Wildman–Crippen LogP) is 2.62. The van der Waals surface area contributed by atoms with E-state index in [9.17, 15) is 0 Å². The Bertz CT molecular complexity index is 550. The Labute approximate surface area is 119 Å². The molecule has 0 fully saturated rings. The van der Waals surface area contributed by atoms with Crippen LogP contribution in [-0.2, 0) is 6.42 Å². The quantitative estimate of drug-likeness (QED) is 0.877. The topological polar surface area (TPSA) is 63.8 Å². The Morgan fingerprint density at radius 3 is 2.80 bits per heavy atom. The number of aromatic nitrogens is 3. The second-order valence-corrected chi connectivity index (χ2v) is 5.34. The Balaban J connectivity index is 2.12. The lowest BCUT2D eigenvalue weighted by Crippen LogP contribution is -2.35. The van der Waals surface area contributed by atoms with Gasteiger partial charge in [0.2, 0.25) is 11.7 Å². The first-order valence-electron chi connectivity index (χ1n) is 7.09. The zero-order chi connectivity index (χ0) is 14.5. The van der Waals surface area contributed by atoms with E-state index in [1.165, 1.54) is 0 Å². The Morgan fingerprint density at radius 1 is 1.35 bits per heavy atom. The van der Waals surface area contributed by atoms with Crippen LogP contribution in [0.2, 0.25) is 0 Å². The molecule has 2 aromatic rings. The van der Waals surface area contributed by atoms with E-state index >= 15 is 0 Å². The minimum absolute atomic E-state index is 0.346. The third kappa shape index (κ3) is 3.63. The van der Waals surface area contributed by atoms with Gasteiger partial charge < -0.3 is 9.84 Å². The first kappa shape index (κ1) is 14.7. The van der Waals surface area contributed by atoms with Crippen molar-refractivity contribution in [3.05, 3.63) is 29.8 Å². The van der Waals surface area contributed by atoms with E-state index in [-0.39, 0.29) is 0 Å². The first-order valence-corrected chi connectivity index (χ1v) is 7.09. The lowest BCUT2D eigenvalue weighted by Gasteiger charge is -2.19. The van der Waals surface area contributed by atoms with Crippen molar-refractivity contribution in [3.8, 4) is 11.5 Å². The van der Waals surface area contributed by atoms with Crippen LogP contribution in [0.4, 0.5) is 0 Å². The molecule has 1 N–H and O–H groups in total. The van der Waals surface area contributed by atoms with Crippen LogP contribution < -0.4 is 5.32 Å². The molecule has 2 rings (SSSR count). The fourth-order valence-electron chi connectivity index (χ4n) is 2.09. The van der Waals surface area contributed by atoms with E-state index in [4.69, 9.17) is 4.52 Å². The summed E-state index contributed by atoms with van der Waals surface area (Å²) in [6, 6.07) is 4.25. The van der Waals surface area contributed by atoms with Crippen molar-refractivity contribution >= 4 is 0 Å². The molecule has 1 unspecified atom stereocenters. The molecule has 0 bridgehead atoms. The van der Waals surface area contributed by atoms with Gasteiger partial charge in [-0.1, -0.05) is 25.9 Å². The molecular formula is C15H22N4O. The SMILES string of the molecule is CCNC(Cc1nc(-c2cc(C)ccn2)no1)C(C)C. The van der Waals surface area contributed by atoms with Crippen LogP contribution >= 0.6 is 0 Å². The third-order valence-electron chi connectivity index (χ3n) is 3.28. The van der Waals surface area contributed by atoms with Crippen molar-refractivity contribution < 1.29 is 4.52 Å². The second kappa shape index (κ2) is 6.61. The summed E-state index contributed by atoms with van der Waals surface area (Å²) in [6.07, 6.45) is 2.50. The molecule has 2 heterocycles. The van der Waals surface area contributed by atoms with E-state index < -0.39 is 0 Å². The lowest BCUT2D eigenvalue weighted by molar-refractivity contribution is 0.329. The maximum absolute atomic E-state index is 5.34. The minimum Gasteiger partial charge on any atom is -0.339 e. The van der Waals surface area contributed by atoms with Crippen molar-refractivity contribution in [3.63, 3.8) is 0 Å². The number of pyridine rings is 1. The van der Waals surface area contributed by atoms with Gasteiger partial charge in [0.1, 0.15) is 5.69 Å². The molecule has 0 amide bonds. The summed E-state index contributed by atoms with van der Waals surface area (Å²) < 4.78 is 5.34. The van der Waals surface area contributed by atoms with Crippen LogP contribution in [0.5, 0.6) is 0 Å². The summed E-state index contributed by atoms with van der Waals surface area (Å²) in [7, 11) is 0. The van der Waals surface area contributed by atoms with Gasteiger partial charge in [0.15, 0.2) is 0 Å². The fraction of sp³-hybridized carbons (Fsp3) is 0.533. The van der Waals surface area contributed by atoms with Crippen LogP contribution in [0.3, 0.4) is 0 Å². The molecule has 0 radical (unpaired) electrons. The van der Waals surface area contributed by atoms with Crippen LogP contribution in [0.25, 0.3) is 11.5 Å². The number of hydrogen-bond acceptors (Lipinski definition) is 5. The summed E-state index contributed by atoms with van der Waals surface area (Å²) in [6.45, 7) is 9.43. The molecule has 0 saturated heterocycles. The summed E-state index contributed by atoms with van der Waals surface area (Å²) in [4.78, 5) is 8.72. The smallest absolute Gasteiger partial charge is 0.228 e. The number of likely N-dealkylation sites (N-methyl/N-ethyl adjacent to an activating group) is 1. The molecule has 0 aliphatic rings. The standard InChI is InChI=1S/C15H22N4O/c1-5-16-12(10(2)3)9-14-18-15(19-20-14)13-8-11(4)6-7-17-13/h6-8,10,12,16H,5,9H2,1-4H3. The second-order valence-electron chi connectivity index (χ2n) is 5.34. The first-order chi connectivity index (χ1) is 9.60. The number of nitrogens with zero attached hydrogens (tertiary/aromatic N) is 3. The highest BCUT2D eigenvalue weighted by molar-refractivity contribution is 5.48. The minimum atomic E-state index is 0.346. The van der Waals surface area contributed by atoms with Crippen molar-refractivity contribution in [1.29, 1.82) is 0 Å². The van der Waals surface area contributed by atoms with Gasteiger partial charge in [-0.05, 0) is 37.1 Å². The van der Waals surface area contributed by atoms with Gasteiger partial charge in [-0.3, -0.25) is 4.98 Å². The molecule has 20 heavy (non-hydrogen) atoms. The monoisotopic (exact) mass is 274 g/mol. The van der Waals surface area contributed by atoms with Crippen molar-refractivity contribution in [2.45, 2.75) is 40.2 Å². The highest BCUT2D eigenvalue weighted by atomic mass is 16.5. The van der Waals surface area contributed by atoms with Gasteiger partial charge >= 0.3 is 0 Å². The molecule has 0 aliphatic heterocycles. The summed E-state index contributed by atoms with van der Waals surface area (Å²) >= 11 is 0. The van der Waals surface area contributed by atoms with Gasteiger partial charge in [0.25, 0.3) is 0 Å². The maximum atomic E-state index is 5.34. The largest absolute Gasteiger partial charge is 0.339 e. The van der Waals surface area contributed by atoms with Crippen molar-refractivity contribution in [2.24, 2.45) is 5.92 Å². The van der Waals surface area contributed by atoms with Crippen molar-refractivity contribution in [2.75, 3.05) is 6.54 Å². The highest BCUT2D eigenvalue weighted by Gasteiger charge is 2.17. The fourth-order valence-corrected chi connectivity index (χ4v) is 2.09. The van der Waals surface area contributed by atoms with Crippen LogP contribution in [0.1, 0.15) is 32.2 Å². The molecule has 0 aromatic carbocycles. The number of hydrogen-bond donors (Lipinski definition) is 1. The Hall–Kier alpha value is -1.75. The van der Waals surface area contributed by atoms with Crippen LogP contribution in [0.15, 0.2) is 22.9 Å². The number of rotatable bonds is 6. The average molecular weight is 274 g/mol. The molecule has 0 aliphatic carbocycles. The molecule has 5 heteroatoms. The molecule has 0 spiro atoms. The Kier molecular flexibility index (Phi) is 4.84. The predicted molar refractivity (Wildman–Crippen MR) is 78.3 cm³/mol. The molecule has 5 nitrogen and oxygen atoms in total. The van der Waals surface area contributed by atoms with Crippen LogP contribution in [0, 0.1) is 12.8 Å². The lowest BCUT2D eigenvalue weighted by atomic mass is 10.0. The molecule has 108 valence electrons. The average Bonchev–Trinajstić information content (AvgIpc) is 2.87. The van der Waals surface area contributed by atoms with Gasteiger partial charge in [-0.2, -0.15) is 4.98 Å². The van der Waals surface area contributed by atoms with Crippen molar-refractivity contribution in [1.82, 2.24) is 20.4 Å². The van der Waals surface area contributed by atoms with Gasteiger partial charge in [0.05, 0.1) is 0 Å². The van der Waals surface area contributed by atoms with E-state index in [1.807, 2.05) is 19.1 Å². The van der Waals surface area contributed by atoms with Gasteiger partial charge in [0, 0.05) is 18.7 Å². The highest BCUT2D eigenvalue weighted by Crippen LogP contribution is 2.16. The number of nitrogens with one attached hydrogen (secondary N) is 1. The van der Waals surface area contributed by atoms with E-state index in [1.54, 1.807) is 6.20 Å². The maximum Gasteiger partial charge on any atom is 0.228 e. The molecular weight excluding hydrogens is 252 g/mol. The summed E-state index contributed by atoms with van der Waals surface area (Å²) in [5.74, 6) is 1.73. The van der Waals surface area contributed by atoms with Gasteiger partial charge in [-0.15, -0.1) is 0 Å². The molecule has 1 atom stereocenters.